The molecular weight excluding hydrogens is 180 g/mol. The molecule has 15 heavy (non-hydrogen) atoms. The Bertz CT molecular complexity index is 334. The van der Waals surface area contributed by atoms with Crippen LogP contribution in [0.3, 0.4) is 0 Å². The first-order chi connectivity index (χ1) is 7.03. The highest BCUT2D eigenvalue weighted by molar-refractivity contribution is 5.27. The second-order valence-corrected chi connectivity index (χ2v) is 6.50. The van der Waals surface area contributed by atoms with Gasteiger partial charge in [0.15, 0.2) is 0 Å². The first-order valence-corrected chi connectivity index (χ1v) is 6.39. The molecule has 2 fully saturated rings. The van der Waals surface area contributed by atoms with E-state index < -0.39 is 0 Å². The zero-order chi connectivity index (χ0) is 10.8. The minimum absolute atomic E-state index is 0.548. The molecule has 0 nitrogen and oxygen atoms in total. The molecular formula is C15H22. The molecule has 5 unspecified atom stereocenters. The summed E-state index contributed by atoms with van der Waals surface area (Å²) in [6.07, 6.45) is 7.65. The summed E-state index contributed by atoms with van der Waals surface area (Å²) in [5.74, 6) is 4.24. The van der Waals surface area contributed by atoms with Gasteiger partial charge in [-0.3, -0.25) is 0 Å². The fraction of sp³-hybridized carbons (Fsp3) is 0.733. The lowest BCUT2D eigenvalue weighted by Gasteiger charge is -2.25. The third-order valence-corrected chi connectivity index (χ3v) is 5.41. The highest BCUT2D eigenvalue weighted by Crippen LogP contribution is 2.68. The molecule has 0 N–H and O–H groups in total. The van der Waals surface area contributed by atoms with Gasteiger partial charge in [0.2, 0.25) is 0 Å². The third kappa shape index (κ3) is 1.14. The van der Waals surface area contributed by atoms with Gasteiger partial charge in [0, 0.05) is 0 Å². The second kappa shape index (κ2) is 2.78. The van der Waals surface area contributed by atoms with E-state index in [4.69, 9.17) is 0 Å². The molecule has 0 aliphatic heterocycles. The average molecular weight is 202 g/mol. The first kappa shape index (κ1) is 9.69. The van der Waals surface area contributed by atoms with Crippen LogP contribution in [-0.4, -0.2) is 0 Å². The van der Waals surface area contributed by atoms with Crippen LogP contribution in [0.25, 0.3) is 0 Å². The Labute approximate surface area is 93.5 Å². The predicted octanol–water partition coefficient (Wildman–Crippen LogP) is 4.05. The SMILES string of the molecule is C=C1CCC2C(C)C=CC3C(C12)C3(C)C. The standard InChI is InChI=1S/C15H22/c1-9-6-8-12-14(15(12,3)4)13-10(2)5-7-11(9)13/h6,8-9,11-14H,2,5,7H2,1,3-4H3. The third-order valence-electron chi connectivity index (χ3n) is 5.41. The van der Waals surface area contributed by atoms with Crippen molar-refractivity contribution in [3.05, 3.63) is 24.3 Å². The van der Waals surface area contributed by atoms with Crippen LogP contribution in [0, 0.1) is 35.0 Å². The van der Waals surface area contributed by atoms with Gasteiger partial charge in [0.25, 0.3) is 0 Å². The number of allylic oxidation sites excluding steroid dienone is 3. The minimum Gasteiger partial charge on any atom is -0.0996 e. The van der Waals surface area contributed by atoms with E-state index >= 15 is 0 Å². The number of rotatable bonds is 0. The van der Waals surface area contributed by atoms with E-state index in [1.54, 1.807) is 5.57 Å². The topological polar surface area (TPSA) is 0 Å². The van der Waals surface area contributed by atoms with Crippen molar-refractivity contribution in [2.45, 2.75) is 33.6 Å². The van der Waals surface area contributed by atoms with Crippen molar-refractivity contribution in [3.63, 3.8) is 0 Å². The largest absolute Gasteiger partial charge is 0.0996 e. The van der Waals surface area contributed by atoms with Gasteiger partial charge in [0.1, 0.15) is 0 Å². The molecule has 82 valence electrons. The summed E-state index contributed by atoms with van der Waals surface area (Å²) in [6.45, 7) is 11.6. The van der Waals surface area contributed by atoms with Crippen LogP contribution in [0.2, 0.25) is 0 Å². The van der Waals surface area contributed by atoms with Crippen LogP contribution < -0.4 is 0 Å². The monoisotopic (exact) mass is 202 g/mol. The van der Waals surface area contributed by atoms with Gasteiger partial charge < -0.3 is 0 Å². The quantitative estimate of drug-likeness (QED) is 0.520. The molecule has 0 aromatic heterocycles. The molecule has 0 bridgehead atoms. The fourth-order valence-corrected chi connectivity index (χ4v) is 4.32. The molecule has 0 heterocycles. The maximum Gasteiger partial charge on any atom is -0.0132 e. The Morgan fingerprint density at radius 1 is 1.33 bits per heavy atom. The normalized spacial score (nSPS) is 50.9. The second-order valence-electron chi connectivity index (χ2n) is 6.50. The summed E-state index contributed by atoms with van der Waals surface area (Å²) in [4.78, 5) is 0. The van der Waals surface area contributed by atoms with Gasteiger partial charge in [0.05, 0.1) is 0 Å². The lowest BCUT2D eigenvalue weighted by molar-refractivity contribution is 0.291. The predicted molar refractivity (Wildman–Crippen MR) is 64.4 cm³/mol. The van der Waals surface area contributed by atoms with Crippen LogP contribution in [0.15, 0.2) is 24.3 Å². The van der Waals surface area contributed by atoms with Gasteiger partial charge in [-0.15, -0.1) is 0 Å². The van der Waals surface area contributed by atoms with Crippen molar-refractivity contribution in [1.82, 2.24) is 0 Å². The lowest BCUT2D eigenvalue weighted by atomic mass is 9.80. The molecule has 3 rings (SSSR count). The van der Waals surface area contributed by atoms with Gasteiger partial charge >= 0.3 is 0 Å². The van der Waals surface area contributed by atoms with E-state index in [1.807, 2.05) is 0 Å². The summed E-state index contributed by atoms with van der Waals surface area (Å²) in [5.41, 5.74) is 2.10. The molecule has 3 aliphatic carbocycles. The average Bonchev–Trinajstić information content (AvgIpc) is 2.55. The number of hydrogen-bond acceptors (Lipinski definition) is 0. The molecule has 0 amide bonds. The Hall–Kier alpha value is -0.520. The molecule has 0 saturated heterocycles. The van der Waals surface area contributed by atoms with Crippen molar-refractivity contribution in [2.24, 2.45) is 35.0 Å². The highest BCUT2D eigenvalue weighted by Gasteiger charge is 2.62. The minimum atomic E-state index is 0.548. The summed E-state index contributed by atoms with van der Waals surface area (Å²) in [7, 11) is 0. The van der Waals surface area contributed by atoms with E-state index in [9.17, 15) is 0 Å². The van der Waals surface area contributed by atoms with Crippen LogP contribution in [-0.2, 0) is 0 Å². The molecule has 2 saturated carbocycles. The maximum absolute atomic E-state index is 4.33. The number of hydrogen-bond donors (Lipinski definition) is 0. The van der Waals surface area contributed by atoms with Crippen molar-refractivity contribution in [3.8, 4) is 0 Å². The lowest BCUT2D eigenvalue weighted by Crippen LogP contribution is -2.19. The highest BCUT2D eigenvalue weighted by atomic mass is 14.7. The summed E-state index contributed by atoms with van der Waals surface area (Å²) in [5, 5.41) is 0. The van der Waals surface area contributed by atoms with Crippen LogP contribution in [0.1, 0.15) is 33.6 Å². The van der Waals surface area contributed by atoms with Gasteiger partial charge in [-0.05, 0) is 47.8 Å². The van der Waals surface area contributed by atoms with E-state index in [1.165, 1.54) is 12.8 Å². The van der Waals surface area contributed by atoms with Gasteiger partial charge in [-0.2, -0.15) is 0 Å². The van der Waals surface area contributed by atoms with E-state index in [-0.39, 0.29) is 0 Å². The van der Waals surface area contributed by atoms with Gasteiger partial charge in [-0.25, -0.2) is 0 Å². The van der Waals surface area contributed by atoms with E-state index in [0.717, 1.165) is 29.6 Å². The molecule has 0 radical (unpaired) electrons. The van der Waals surface area contributed by atoms with Gasteiger partial charge in [-0.1, -0.05) is 45.1 Å². The van der Waals surface area contributed by atoms with E-state index in [2.05, 4.69) is 39.5 Å². The van der Waals surface area contributed by atoms with Crippen molar-refractivity contribution < 1.29 is 0 Å². The fourth-order valence-electron chi connectivity index (χ4n) is 4.32. The number of fused-ring (bicyclic) bond motifs is 3. The maximum atomic E-state index is 4.33. The zero-order valence-electron chi connectivity index (χ0n) is 10.2. The van der Waals surface area contributed by atoms with Crippen LogP contribution in [0.5, 0.6) is 0 Å². The van der Waals surface area contributed by atoms with Crippen molar-refractivity contribution >= 4 is 0 Å². The summed E-state index contributed by atoms with van der Waals surface area (Å²) >= 11 is 0. The van der Waals surface area contributed by atoms with Crippen LogP contribution in [0.4, 0.5) is 0 Å². The van der Waals surface area contributed by atoms with Crippen LogP contribution >= 0.6 is 0 Å². The van der Waals surface area contributed by atoms with E-state index in [0.29, 0.717) is 5.41 Å². The Morgan fingerprint density at radius 2 is 2.07 bits per heavy atom. The smallest absolute Gasteiger partial charge is 0.0132 e. The summed E-state index contributed by atoms with van der Waals surface area (Å²) < 4.78 is 0. The van der Waals surface area contributed by atoms with Crippen molar-refractivity contribution in [1.29, 1.82) is 0 Å². The summed E-state index contributed by atoms with van der Waals surface area (Å²) in [6, 6.07) is 0. The Kier molecular flexibility index (Phi) is 1.80. The zero-order valence-corrected chi connectivity index (χ0v) is 10.2. The molecule has 0 spiro atoms. The van der Waals surface area contributed by atoms with Crippen molar-refractivity contribution in [2.75, 3.05) is 0 Å². The Morgan fingerprint density at radius 3 is 2.80 bits per heavy atom. The molecule has 5 atom stereocenters. The molecule has 0 aromatic rings. The molecule has 0 heteroatoms. The first-order valence-electron chi connectivity index (χ1n) is 6.39. The molecule has 0 aromatic carbocycles. The Balaban J connectivity index is 1.99. The molecule has 3 aliphatic rings.